The van der Waals surface area contributed by atoms with E-state index >= 15 is 0 Å². The highest BCUT2D eigenvalue weighted by Gasteiger charge is 2.15. The number of aliphatic hydroxyl groups excluding tert-OH is 2. The van der Waals surface area contributed by atoms with Crippen molar-refractivity contribution in [2.24, 2.45) is 7.05 Å². The van der Waals surface area contributed by atoms with Crippen LogP contribution in [0.2, 0.25) is 0 Å². The van der Waals surface area contributed by atoms with Crippen molar-refractivity contribution in [3.8, 4) is 11.4 Å². The van der Waals surface area contributed by atoms with Gasteiger partial charge in [-0.05, 0) is 30.3 Å². The van der Waals surface area contributed by atoms with Gasteiger partial charge in [-0.15, -0.1) is 0 Å². The maximum Gasteiger partial charge on any atom is 0.240 e. The fraction of sp³-hybridized carbons (Fsp3) is 0.235. The van der Waals surface area contributed by atoms with Gasteiger partial charge >= 0.3 is 0 Å². The highest BCUT2D eigenvalue weighted by Crippen LogP contribution is 2.20. The predicted octanol–water partition coefficient (Wildman–Crippen LogP) is 0.252. The van der Waals surface area contributed by atoms with Gasteiger partial charge in [0.1, 0.15) is 0 Å². The topological polar surface area (TPSA) is 142 Å². The summed E-state index contributed by atoms with van der Waals surface area (Å²) in [6, 6.07) is 7.76. The third kappa shape index (κ3) is 4.70. The molecule has 2 aromatic heterocycles. The monoisotopic (exact) mass is 404 g/mol. The smallest absolute Gasteiger partial charge is 0.240 e. The Hall–Kier alpha value is -2.86. The number of imidazole rings is 1. The van der Waals surface area contributed by atoms with Gasteiger partial charge in [0.2, 0.25) is 16.0 Å². The van der Waals surface area contributed by atoms with Crippen molar-refractivity contribution in [1.29, 1.82) is 0 Å². The third-order valence-corrected chi connectivity index (χ3v) is 5.31. The van der Waals surface area contributed by atoms with Gasteiger partial charge in [0.05, 0.1) is 41.5 Å². The quantitative estimate of drug-likeness (QED) is 0.419. The van der Waals surface area contributed by atoms with Crippen molar-refractivity contribution < 1.29 is 18.6 Å². The summed E-state index contributed by atoms with van der Waals surface area (Å²) in [5, 5.41) is 21.1. The molecule has 148 valence electrons. The summed E-state index contributed by atoms with van der Waals surface area (Å²) in [6.45, 7) is -0.795. The average molecular weight is 404 g/mol. The molecule has 0 saturated carbocycles. The summed E-state index contributed by atoms with van der Waals surface area (Å²) in [5.41, 5.74) is 2.14. The van der Waals surface area contributed by atoms with E-state index in [9.17, 15) is 13.5 Å². The zero-order valence-corrected chi connectivity index (χ0v) is 15.8. The van der Waals surface area contributed by atoms with Gasteiger partial charge in [-0.1, -0.05) is 0 Å². The molecule has 0 fully saturated rings. The van der Waals surface area contributed by atoms with Gasteiger partial charge in [0.15, 0.2) is 0 Å². The van der Waals surface area contributed by atoms with Crippen LogP contribution in [0, 0.1) is 0 Å². The fourth-order valence-electron chi connectivity index (χ4n) is 2.37. The van der Waals surface area contributed by atoms with E-state index < -0.39 is 22.7 Å². The number of nitrogens with zero attached hydrogens (tertiary/aromatic N) is 4. The first-order valence-electron chi connectivity index (χ1n) is 8.34. The van der Waals surface area contributed by atoms with Crippen LogP contribution in [0.25, 0.3) is 11.4 Å². The Kier molecular flexibility index (Phi) is 5.99. The molecule has 28 heavy (non-hydrogen) atoms. The molecule has 0 bridgehead atoms. The molecule has 4 N–H and O–H groups in total. The Labute approximate surface area is 162 Å². The molecular weight excluding hydrogens is 384 g/mol. The first-order chi connectivity index (χ1) is 13.4. The lowest BCUT2D eigenvalue weighted by molar-refractivity contribution is 0.0988. The second kappa shape index (κ2) is 8.44. The van der Waals surface area contributed by atoms with E-state index in [0.29, 0.717) is 17.3 Å². The maximum absolute atomic E-state index is 12.2. The molecule has 3 aromatic rings. The standard InChI is InChI=1S/C17H20N6O4S/c1-23-11-18-9-16(23)15-6-7-19-17(22-15)21-12-2-4-14(5-3-12)28(26,27)20-8-13(25)10-24/h2-7,9,11,13,20,24-25H,8,10H2,1H3,(H,19,21,22). The van der Waals surface area contributed by atoms with Crippen LogP contribution in [-0.4, -0.2) is 57.4 Å². The highest BCUT2D eigenvalue weighted by atomic mass is 32.2. The SMILES string of the molecule is Cn1cncc1-c1ccnc(Nc2ccc(S(=O)(=O)NCC(O)CO)cc2)n1. The molecule has 2 heterocycles. The Morgan fingerprint density at radius 1 is 1.21 bits per heavy atom. The average Bonchev–Trinajstić information content (AvgIpc) is 3.13. The predicted molar refractivity (Wildman–Crippen MR) is 102 cm³/mol. The summed E-state index contributed by atoms with van der Waals surface area (Å²) in [5.74, 6) is 0.360. The minimum absolute atomic E-state index is 0.0349. The first-order valence-corrected chi connectivity index (χ1v) is 9.83. The van der Waals surface area contributed by atoms with E-state index in [1.807, 2.05) is 11.6 Å². The molecule has 0 aliphatic carbocycles. The Bertz CT molecular complexity index is 1040. The zero-order chi connectivity index (χ0) is 20.1. The minimum atomic E-state index is -3.79. The van der Waals surface area contributed by atoms with E-state index in [1.54, 1.807) is 36.9 Å². The van der Waals surface area contributed by atoms with E-state index in [-0.39, 0.29) is 11.4 Å². The van der Waals surface area contributed by atoms with Crippen LogP contribution in [0.1, 0.15) is 0 Å². The van der Waals surface area contributed by atoms with Gasteiger partial charge in [-0.2, -0.15) is 0 Å². The molecule has 10 nitrogen and oxygen atoms in total. The lowest BCUT2D eigenvalue weighted by Gasteiger charge is -2.11. The zero-order valence-electron chi connectivity index (χ0n) is 15.0. The van der Waals surface area contributed by atoms with Gasteiger partial charge in [0.25, 0.3) is 0 Å². The van der Waals surface area contributed by atoms with Crippen molar-refractivity contribution in [2.75, 3.05) is 18.5 Å². The van der Waals surface area contributed by atoms with Crippen molar-refractivity contribution in [3.05, 3.63) is 49.1 Å². The lowest BCUT2D eigenvalue weighted by Crippen LogP contribution is -2.33. The second-order valence-corrected chi connectivity index (χ2v) is 7.76. The number of aliphatic hydroxyl groups is 2. The molecule has 0 spiro atoms. The van der Waals surface area contributed by atoms with E-state index in [0.717, 1.165) is 5.69 Å². The Morgan fingerprint density at radius 2 is 1.96 bits per heavy atom. The van der Waals surface area contributed by atoms with Crippen molar-refractivity contribution in [1.82, 2.24) is 24.2 Å². The van der Waals surface area contributed by atoms with Crippen LogP contribution in [0.3, 0.4) is 0 Å². The molecule has 11 heteroatoms. The number of sulfonamides is 1. The molecule has 1 atom stereocenters. The van der Waals surface area contributed by atoms with Crippen LogP contribution in [0.4, 0.5) is 11.6 Å². The van der Waals surface area contributed by atoms with Crippen LogP contribution >= 0.6 is 0 Å². The van der Waals surface area contributed by atoms with Crippen LogP contribution in [0.5, 0.6) is 0 Å². The van der Waals surface area contributed by atoms with Crippen LogP contribution < -0.4 is 10.0 Å². The summed E-state index contributed by atoms with van der Waals surface area (Å²) >= 11 is 0. The second-order valence-electron chi connectivity index (χ2n) is 5.99. The summed E-state index contributed by atoms with van der Waals surface area (Å²) in [7, 11) is -1.92. The largest absolute Gasteiger partial charge is 0.394 e. The Morgan fingerprint density at radius 3 is 2.61 bits per heavy atom. The van der Waals surface area contributed by atoms with Gasteiger partial charge < -0.3 is 20.1 Å². The van der Waals surface area contributed by atoms with Gasteiger partial charge in [-0.25, -0.2) is 28.1 Å². The summed E-state index contributed by atoms with van der Waals surface area (Å²) < 4.78 is 28.4. The molecule has 0 amide bonds. The normalized spacial score (nSPS) is 12.7. The first kappa shape index (κ1) is 19.9. The third-order valence-electron chi connectivity index (χ3n) is 3.88. The number of aromatic nitrogens is 4. The van der Waals surface area contributed by atoms with E-state index in [4.69, 9.17) is 5.11 Å². The molecule has 1 aromatic carbocycles. The molecule has 3 rings (SSSR count). The molecule has 0 aliphatic heterocycles. The van der Waals surface area contributed by atoms with Crippen LogP contribution in [-0.2, 0) is 17.1 Å². The number of benzene rings is 1. The molecule has 0 radical (unpaired) electrons. The number of rotatable bonds is 8. The Balaban J connectivity index is 1.72. The maximum atomic E-state index is 12.2. The minimum Gasteiger partial charge on any atom is -0.394 e. The summed E-state index contributed by atoms with van der Waals surface area (Å²) in [6.07, 6.45) is 3.84. The van der Waals surface area contributed by atoms with Gasteiger partial charge in [-0.3, -0.25) is 0 Å². The lowest BCUT2D eigenvalue weighted by atomic mass is 10.3. The fourth-order valence-corrected chi connectivity index (χ4v) is 3.44. The molecule has 0 aliphatic rings. The number of nitrogens with one attached hydrogen (secondary N) is 2. The molecule has 0 saturated heterocycles. The van der Waals surface area contributed by atoms with Gasteiger partial charge in [0, 0.05) is 25.5 Å². The van der Waals surface area contributed by atoms with Crippen molar-refractivity contribution in [3.63, 3.8) is 0 Å². The van der Waals surface area contributed by atoms with Crippen molar-refractivity contribution in [2.45, 2.75) is 11.0 Å². The van der Waals surface area contributed by atoms with Crippen LogP contribution in [0.15, 0.2) is 53.9 Å². The number of aryl methyl sites for hydroxylation is 1. The van der Waals surface area contributed by atoms with E-state index in [1.165, 1.54) is 12.1 Å². The number of anilines is 2. The molecule has 1 unspecified atom stereocenters. The van der Waals surface area contributed by atoms with Crippen molar-refractivity contribution >= 4 is 21.7 Å². The van der Waals surface area contributed by atoms with E-state index in [2.05, 4.69) is 25.0 Å². The number of hydrogen-bond acceptors (Lipinski definition) is 8. The molecular formula is C17H20N6O4S. The summed E-state index contributed by atoms with van der Waals surface area (Å²) in [4.78, 5) is 12.7. The highest BCUT2D eigenvalue weighted by molar-refractivity contribution is 7.89. The number of hydrogen-bond donors (Lipinski definition) is 4.